The fourth-order valence-corrected chi connectivity index (χ4v) is 1.60. The Labute approximate surface area is 108 Å². The standard InChI is InChI=1S/C15H19FO2/c1-3-6-12(2)18-15-9-8-14(16)11-13(15)7-4-5-10-17/h8-9,11-12,17H,3,5-6,10H2,1-2H3. The summed E-state index contributed by atoms with van der Waals surface area (Å²) in [5, 5.41) is 8.68. The second kappa shape index (κ2) is 7.73. The lowest BCUT2D eigenvalue weighted by Gasteiger charge is -2.15. The molecule has 0 radical (unpaired) electrons. The molecule has 0 spiro atoms. The van der Waals surface area contributed by atoms with Crippen LogP contribution in [0.15, 0.2) is 18.2 Å². The van der Waals surface area contributed by atoms with Crippen LogP contribution in [-0.4, -0.2) is 17.8 Å². The Morgan fingerprint density at radius 1 is 1.44 bits per heavy atom. The summed E-state index contributed by atoms with van der Waals surface area (Å²) in [5.74, 6) is 5.87. The van der Waals surface area contributed by atoms with E-state index in [1.165, 1.54) is 12.1 Å². The maximum Gasteiger partial charge on any atom is 0.135 e. The molecule has 0 aliphatic rings. The van der Waals surface area contributed by atoms with Gasteiger partial charge in [0.25, 0.3) is 0 Å². The van der Waals surface area contributed by atoms with Crippen LogP contribution in [-0.2, 0) is 0 Å². The first-order chi connectivity index (χ1) is 8.67. The molecule has 0 saturated heterocycles. The molecule has 1 aromatic rings. The van der Waals surface area contributed by atoms with Crippen molar-refractivity contribution in [3.63, 3.8) is 0 Å². The van der Waals surface area contributed by atoms with Crippen LogP contribution in [0.1, 0.15) is 38.7 Å². The highest BCUT2D eigenvalue weighted by Crippen LogP contribution is 2.21. The van der Waals surface area contributed by atoms with E-state index >= 15 is 0 Å². The zero-order chi connectivity index (χ0) is 13.4. The molecule has 3 heteroatoms. The first-order valence-corrected chi connectivity index (χ1v) is 6.23. The van der Waals surface area contributed by atoms with E-state index in [4.69, 9.17) is 9.84 Å². The number of halogens is 1. The Kier molecular flexibility index (Phi) is 6.24. The van der Waals surface area contributed by atoms with Crippen LogP contribution >= 0.6 is 0 Å². The number of hydrogen-bond acceptors (Lipinski definition) is 2. The van der Waals surface area contributed by atoms with Crippen LogP contribution in [0.3, 0.4) is 0 Å². The maximum atomic E-state index is 13.2. The molecule has 1 atom stereocenters. The first-order valence-electron chi connectivity index (χ1n) is 6.23. The molecule has 0 aromatic heterocycles. The molecular formula is C15H19FO2. The van der Waals surface area contributed by atoms with Crippen molar-refractivity contribution < 1.29 is 14.2 Å². The van der Waals surface area contributed by atoms with Gasteiger partial charge in [-0.2, -0.15) is 0 Å². The normalized spacial score (nSPS) is 11.6. The Morgan fingerprint density at radius 2 is 2.22 bits per heavy atom. The van der Waals surface area contributed by atoms with Gasteiger partial charge in [0.15, 0.2) is 0 Å². The highest BCUT2D eigenvalue weighted by molar-refractivity contribution is 5.46. The summed E-state index contributed by atoms with van der Waals surface area (Å²) in [6, 6.07) is 4.33. The molecule has 98 valence electrons. The van der Waals surface area contributed by atoms with E-state index in [1.807, 2.05) is 6.92 Å². The van der Waals surface area contributed by atoms with E-state index in [0.29, 0.717) is 17.7 Å². The molecule has 1 unspecified atom stereocenters. The fourth-order valence-electron chi connectivity index (χ4n) is 1.60. The minimum absolute atomic E-state index is 0.00471. The van der Waals surface area contributed by atoms with Crippen LogP contribution in [0.25, 0.3) is 0 Å². The van der Waals surface area contributed by atoms with Crippen LogP contribution in [0.2, 0.25) is 0 Å². The lowest BCUT2D eigenvalue weighted by Crippen LogP contribution is -2.11. The number of rotatable bonds is 5. The zero-order valence-electron chi connectivity index (χ0n) is 10.9. The topological polar surface area (TPSA) is 29.5 Å². The van der Waals surface area contributed by atoms with Gasteiger partial charge in [0.1, 0.15) is 11.6 Å². The monoisotopic (exact) mass is 250 g/mol. The third kappa shape index (κ3) is 4.77. The number of aliphatic hydroxyl groups excluding tert-OH is 1. The largest absolute Gasteiger partial charge is 0.489 e. The van der Waals surface area contributed by atoms with Gasteiger partial charge in [0, 0.05) is 6.42 Å². The van der Waals surface area contributed by atoms with Crippen LogP contribution < -0.4 is 4.74 Å². The SMILES string of the molecule is CCCC(C)Oc1ccc(F)cc1C#CCCO. The van der Waals surface area contributed by atoms with Crippen LogP contribution in [0.5, 0.6) is 5.75 Å². The van der Waals surface area contributed by atoms with Crippen molar-refractivity contribution in [2.75, 3.05) is 6.61 Å². The van der Waals surface area contributed by atoms with E-state index in [0.717, 1.165) is 12.8 Å². The van der Waals surface area contributed by atoms with E-state index in [9.17, 15) is 4.39 Å². The van der Waals surface area contributed by atoms with E-state index in [-0.39, 0.29) is 18.5 Å². The van der Waals surface area contributed by atoms with Gasteiger partial charge >= 0.3 is 0 Å². The van der Waals surface area contributed by atoms with Crippen molar-refractivity contribution >= 4 is 0 Å². The molecular weight excluding hydrogens is 231 g/mol. The molecule has 1 rings (SSSR count). The summed E-state index contributed by atoms with van der Waals surface area (Å²) < 4.78 is 18.9. The second-order valence-electron chi connectivity index (χ2n) is 4.13. The molecule has 0 fully saturated rings. The molecule has 1 N–H and O–H groups in total. The van der Waals surface area contributed by atoms with Crippen molar-refractivity contribution in [1.82, 2.24) is 0 Å². The van der Waals surface area contributed by atoms with Gasteiger partial charge in [-0.25, -0.2) is 4.39 Å². The van der Waals surface area contributed by atoms with Crippen molar-refractivity contribution in [2.45, 2.75) is 39.2 Å². The van der Waals surface area contributed by atoms with Gasteiger partial charge in [-0.3, -0.25) is 0 Å². The van der Waals surface area contributed by atoms with Crippen molar-refractivity contribution in [1.29, 1.82) is 0 Å². The Bertz CT molecular complexity index is 432. The summed E-state index contributed by atoms with van der Waals surface area (Å²) >= 11 is 0. The maximum absolute atomic E-state index is 13.2. The van der Waals surface area contributed by atoms with Gasteiger partial charge in [0.05, 0.1) is 18.3 Å². The third-order valence-corrected chi connectivity index (χ3v) is 2.42. The Balaban J connectivity index is 2.86. The minimum atomic E-state index is -0.334. The Morgan fingerprint density at radius 3 is 2.89 bits per heavy atom. The van der Waals surface area contributed by atoms with Crippen LogP contribution in [0.4, 0.5) is 4.39 Å². The third-order valence-electron chi connectivity index (χ3n) is 2.42. The van der Waals surface area contributed by atoms with Crippen molar-refractivity contribution in [3.8, 4) is 17.6 Å². The molecule has 0 heterocycles. The molecule has 2 nitrogen and oxygen atoms in total. The molecule has 0 aliphatic heterocycles. The molecule has 0 aliphatic carbocycles. The van der Waals surface area contributed by atoms with Gasteiger partial charge in [0.2, 0.25) is 0 Å². The van der Waals surface area contributed by atoms with Crippen LogP contribution in [0, 0.1) is 17.7 Å². The van der Waals surface area contributed by atoms with E-state index in [2.05, 4.69) is 18.8 Å². The summed E-state index contributed by atoms with van der Waals surface area (Å²) in [7, 11) is 0. The quantitative estimate of drug-likeness (QED) is 0.814. The molecule has 0 bridgehead atoms. The molecule has 18 heavy (non-hydrogen) atoms. The lowest BCUT2D eigenvalue weighted by molar-refractivity contribution is 0.209. The summed E-state index contributed by atoms with van der Waals surface area (Å²) in [5.41, 5.74) is 0.534. The number of ether oxygens (including phenoxy) is 1. The number of hydrogen-bond donors (Lipinski definition) is 1. The second-order valence-corrected chi connectivity index (χ2v) is 4.13. The Hall–Kier alpha value is -1.53. The van der Waals surface area contributed by atoms with Crippen molar-refractivity contribution in [3.05, 3.63) is 29.6 Å². The fraction of sp³-hybridized carbons (Fsp3) is 0.467. The highest BCUT2D eigenvalue weighted by atomic mass is 19.1. The smallest absolute Gasteiger partial charge is 0.135 e. The lowest BCUT2D eigenvalue weighted by atomic mass is 10.1. The predicted molar refractivity (Wildman–Crippen MR) is 70.0 cm³/mol. The molecule has 0 amide bonds. The van der Waals surface area contributed by atoms with Crippen molar-refractivity contribution in [2.24, 2.45) is 0 Å². The predicted octanol–water partition coefficient (Wildman–Crippen LogP) is 3.13. The molecule has 1 aromatic carbocycles. The van der Waals surface area contributed by atoms with Gasteiger partial charge < -0.3 is 9.84 Å². The van der Waals surface area contributed by atoms with E-state index in [1.54, 1.807) is 6.07 Å². The summed E-state index contributed by atoms with van der Waals surface area (Å²) in [6.45, 7) is 4.08. The average Bonchev–Trinajstić information content (AvgIpc) is 2.33. The number of benzene rings is 1. The van der Waals surface area contributed by atoms with E-state index < -0.39 is 0 Å². The number of aliphatic hydroxyl groups is 1. The first kappa shape index (κ1) is 14.5. The van der Waals surface area contributed by atoms with Gasteiger partial charge in [-0.15, -0.1) is 0 Å². The minimum Gasteiger partial charge on any atom is -0.489 e. The average molecular weight is 250 g/mol. The highest BCUT2D eigenvalue weighted by Gasteiger charge is 2.07. The molecule has 0 saturated carbocycles. The van der Waals surface area contributed by atoms with Gasteiger partial charge in [-0.1, -0.05) is 25.2 Å². The van der Waals surface area contributed by atoms with Gasteiger partial charge in [-0.05, 0) is 31.5 Å². The summed E-state index contributed by atoms with van der Waals surface area (Å²) in [6.07, 6.45) is 2.44. The zero-order valence-corrected chi connectivity index (χ0v) is 10.9. The summed E-state index contributed by atoms with van der Waals surface area (Å²) in [4.78, 5) is 0.